The number of carbonyl (C=O) groups is 2. The first-order valence-electron chi connectivity index (χ1n) is 11.2. The zero-order chi connectivity index (χ0) is 24.8. The number of hydrogen-bond donors (Lipinski definition) is 2. The molecule has 1 aliphatic carbocycles. The molecule has 2 N–H and O–H groups in total. The molecule has 1 heterocycles. The minimum absolute atomic E-state index is 0.0799. The number of carbonyl (C=O) groups excluding carboxylic acids is 2. The molecule has 184 valence electrons. The van der Waals surface area contributed by atoms with E-state index in [0.717, 1.165) is 0 Å². The van der Waals surface area contributed by atoms with Crippen molar-refractivity contribution in [3.05, 3.63) is 60.0 Å². The summed E-state index contributed by atoms with van der Waals surface area (Å²) >= 11 is 0. The lowest BCUT2D eigenvalue weighted by Gasteiger charge is -2.27. The molecule has 35 heavy (non-hydrogen) atoms. The standard InChI is InChI=1S/C24H24F2N4O5/c1-2-33-23(32)14-3-9-17(10-4-14)34-18-11-12-20(19(26)13-18)28-21(31)22-29-30-24(35-22)27-16-7-5-15(25)6-8-16/h5-8,11-14,17H,2-4,9-10H2,1H3,(H,27,30)(H,28,31)/t14-,17+. The Morgan fingerprint density at radius 1 is 1.06 bits per heavy atom. The summed E-state index contributed by atoms with van der Waals surface area (Å²) in [5, 5.41) is 12.5. The Morgan fingerprint density at radius 3 is 2.49 bits per heavy atom. The van der Waals surface area contributed by atoms with Crippen LogP contribution < -0.4 is 15.4 Å². The van der Waals surface area contributed by atoms with Gasteiger partial charge in [-0.25, -0.2) is 8.78 Å². The number of anilines is 3. The van der Waals surface area contributed by atoms with Crippen LogP contribution in [0.2, 0.25) is 0 Å². The Balaban J connectivity index is 1.30. The summed E-state index contributed by atoms with van der Waals surface area (Å²) in [5.74, 6) is -2.26. The molecule has 0 saturated heterocycles. The second kappa shape index (κ2) is 10.9. The maximum absolute atomic E-state index is 14.6. The summed E-state index contributed by atoms with van der Waals surface area (Å²) in [6.45, 7) is 2.14. The second-order valence-electron chi connectivity index (χ2n) is 7.98. The highest BCUT2D eigenvalue weighted by Gasteiger charge is 2.28. The lowest BCUT2D eigenvalue weighted by molar-refractivity contribution is -0.149. The van der Waals surface area contributed by atoms with E-state index in [2.05, 4.69) is 20.8 Å². The number of nitrogens with one attached hydrogen (secondary N) is 2. The van der Waals surface area contributed by atoms with Gasteiger partial charge in [0.15, 0.2) is 0 Å². The summed E-state index contributed by atoms with van der Waals surface area (Å²) < 4.78 is 43.7. The average Bonchev–Trinajstić information content (AvgIpc) is 3.31. The first kappa shape index (κ1) is 24.1. The molecule has 0 radical (unpaired) electrons. The van der Waals surface area contributed by atoms with Gasteiger partial charge in [-0.05, 0) is 69.0 Å². The Hall–Kier alpha value is -4.02. The van der Waals surface area contributed by atoms with Gasteiger partial charge in [0.05, 0.1) is 24.3 Å². The van der Waals surface area contributed by atoms with Gasteiger partial charge in [0.2, 0.25) is 0 Å². The number of ether oxygens (including phenoxy) is 2. The summed E-state index contributed by atoms with van der Waals surface area (Å²) in [4.78, 5) is 24.2. The number of esters is 1. The minimum Gasteiger partial charge on any atom is -0.490 e. The molecule has 0 unspecified atom stereocenters. The number of benzene rings is 2. The van der Waals surface area contributed by atoms with E-state index in [9.17, 15) is 18.4 Å². The molecule has 1 aliphatic rings. The fourth-order valence-electron chi connectivity index (χ4n) is 3.74. The predicted octanol–water partition coefficient (Wildman–Crippen LogP) is 4.84. The molecular formula is C24H24F2N4O5. The van der Waals surface area contributed by atoms with Crippen LogP contribution >= 0.6 is 0 Å². The third-order valence-corrected chi connectivity index (χ3v) is 5.50. The predicted molar refractivity (Wildman–Crippen MR) is 121 cm³/mol. The highest BCUT2D eigenvalue weighted by molar-refractivity contribution is 6.01. The van der Waals surface area contributed by atoms with Crippen molar-refractivity contribution >= 4 is 29.3 Å². The number of halogens is 2. The van der Waals surface area contributed by atoms with Crippen molar-refractivity contribution in [1.82, 2.24) is 10.2 Å². The lowest BCUT2D eigenvalue weighted by Crippen LogP contribution is -2.29. The van der Waals surface area contributed by atoms with Crippen LogP contribution in [0.1, 0.15) is 43.3 Å². The molecule has 9 nitrogen and oxygen atoms in total. The molecular weight excluding hydrogens is 462 g/mol. The van der Waals surface area contributed by atoms with Crippen LogP contribution in [0.5, 0.6) is 5.75 Å². The number of aromatic nitrogens is 2. The Labute approximate surface area is 199 Å². The minimum atomic E-state index is -0.797. The van der Waals surface area contributed by atoms with E-state index < -0.39 is 17.5 Å². The number of rotatable bonds is 8. The SMILES string of the molecule is CCOC(=O)[C@H]1CC[C@@H](Oc2ccc(NC(=O)c3nnc(Nc4ccc(F)cc4)o3)c(F)c2)CC1. The van der Waals surface area contributed by atoms with E-state index in [4.69, 9.17) is 13.9 Å². The van der Waals surface area contributed by atoms with E-state index in [0.29, 0.717) is 43.7 Å². The van der Waals surface area contributed by atoms with Crippen molar-refractivity contribution in [2.45, 2.75) is 38.7 Å². The van der Waals surface area contributed by atoms with E-state index >= 15 is 0 Å². The molecule has 1 aromatic heterocycles. The molecule has 0 bridgehead atoms. The van der Waals surface area contributed by atoms with E-state index in [1.165, 1.54) is 36.4 Å². The van der Waals surface area contributed by atoms with Crippen LogP contribution in [-0.2, 0) is 9.53 Å². The Bertz CT molecular complexity index is 1180. The van der Waals surface area contributed by atoms with Gasteiger partial charge in [-0.1, -0.05) is 5.10 Å². The maximum Gasteiger partial charge on any atom is 0.320 e. The van der Waals surface area contributed by atoms with Crippen molar-refractivity contribution in [2.75, 3.05) is 17.2 Å². The zero-order valence-electron chi connectivity index (χ0n) is 18.9. The lowest BCUT2D eigenvalue weighted by atomic mass is 9.87. The summed E-state index contributed by atoms with van der Waals surface area (Å²) in [6, 6.07) is 9.45. The largest absolute Gasteiger partial charge is 0.490 e. The van der Waals surface area contributed by atoms with Gasteiger partial charge in [0, 0.05) is 11.8 Å². The fourth-order valence-corrected chi connectivity index (χ4v) is 3.74. The smallest absolute Gasteiger partial charge is 0.320 e. The van der Waals surface area contributed by atoms with Gasteiger partial charge in [0.25, 0.3) is 0 Å². The van der Waals surface area contributed by atoms with E-state index in [1.807, 2.05) is 0 Å². The van der Waals surface area contributed by atoms with E-state index in [-0.39, 0.29) is 35.6 Å². The molecule has 3 aromatic rings. The van der Waals surface area contributed by atoms with Crippen molar-refractivity contribution in [3.63, 3.8) is 0 Å². The quantitative estimate of drug-likeness (QED) is 0.435. The molecule has 11 heteroatoms. The van der Waals surface area contributed by atoms with Crippen LogP contribution in [0.3, 0.4) is 0 Å². The highest BCUT2D eigenvalue weighted by Crippen LogP contribution is 2.30. The maximum atomic E-state index is 14.6. The van der Waals surface area contributed by atoms with Gasteiger partial charge >= 0.3 is 23.8 Å². The molecule has 1 saturated carbocycles. The summed E-state index contributed by atoms with van der Waals surface area (Å²) in [7, 11) is 0. The third kappa shape index (κ3) is 6.31. The normalized spacial score (nSPS) is 17.5. The van der Waals surface area contributed by atoms with Gasteiger partial charge in [-0.3, -0.25) is 9.59 Å². The van der Waals surface area contributed by atoms with Crippen molar-refractivity contribution < 1.29 is 32.3 Å². The van der Waals surface area contributed by atoms with Crippen molar-refractivity contribution in [3.8, 4) is 5.75 Å². The van der Waals surface area contributed by atoms with Crippen LogP contribution in [-0.4, -0.2) is 34.8 Å². The second-order valence-corrected chi connectivity index (χ2v) is 7.98. The average molecular weight is 486 g/mol. The summed E-state index contributed by atoms with van der Waals surface area (Å²) in [6.07, 6.45) is 2.50. The van der Waals surface area contributed by atoms with Gasteiger partial charge in [-0.2, -0.15) is 0 Å². The number of nitrogens with zero attached hydrogens (tertiary/aromatic N) is 2. The monoisotopic (exact) mass is 486 g/mol. The molecule has 2 aromatic carbocycles. The van der Waals surface area contributed by atoms with Gasteiger partial charge < -0.3 is 24.5 Å². The Morgan fingerprint density at radius 2 is 1.80 bits per heavy atom. The van der Waals surface area contributed by atoms with Crippen LogP contribution in [0.4, 0.5) is 26.2 Å². The van der Waals surface area contributed by atoms with E-state index in [1.54, 1.807) is 13.0 Å². The van der Waals surface area contributed by atoms with Crippen molar-refractivity contribution in [2.24, 2.45) is 5.92 Å². The topological polar surface area (TPSA) is 116 Å². The third-order valence-electron chi connectivity index (χ3n) is 5.50. The van der Waals surface area contributed by atoms with Crippen LogP contribution in [0.25, 0.3) is 0 Å². The molecule has 4 rings (SSSR count). The van der Waals surface area contributed by atoms with Gasteiger partial charge in [-0.15, -0.1) is 5.10 Å². The molecule has 0 spiro atoms. The first-order valence-corrected chi connectivity index (χ1v) is 11.2. The number of hydrogen-bond acceptors (Lipinski definition) is 8. The first-order chi connectivity index (χ1) is 16.9. The molecule has 0 aliphatic heterocycles. The molecule has 1 amide bonds. The van der Waals surface area contributed by atoms with Crippen molar-refractivity contribution in [1.29, 1.82) is 0 Å². The Kier molecular flexibility index (Phi) is 7.54. The summed E-state index contributed by atoms with van der Waals surface area (Å²) in [5.41, 5.74) is 0.401. The number of amides is 1. The fraction of sp³-hybridized carbons (Fsp3) is 0.333. The highest BCUT2D eigenvalue weighted by atomic mass is 19.1. The molecule has 0 atom stereocenters. The van der Waals surface area contributed by atoms with Crippen LogP contribution in [0.15, 0.2) is 46.9 Å². The van der Waals surface area contributed by atoms with Crippen LogP contribution in [0, 0.1) is 17.6 Å². The zero-order valence-corrected chi connectivity index (χ0v) is 18.9. The van der Waals surface area contributed by atoms with Gasteiger partial charge in [0.1, 0.15) is 17.4 Å². The molecule has 1 fully saturated rings.